The van der Waals surface area contributed by atoms with E-state index in [2.05, 4.69) is 10.3 Å². The maximum Gasteiger partial charge on any atom is 0.264 e. The van der Waals surface area contributed by atoms with Gasteiger partial charge in [-0.1, -0.05) is 18.5 Å². The molecular formula is C22H22ClN3O4S2. The molecule has 1 aromatic heterocycles. The summed E-state index contributed by atoms with van der Waals surface area (Å²) in [4.78, 5) is 17.0. The molecule has 0 aliphatic heterocycles. The van der Waals surface area contributed by atoms with Crippen molar-refractivity contribution in [2.24, 2.45) is 0 Å². The summed E-state index contributed by atoms with van der Waals surface area (Å²) in [6.45, 7) is 2.02. The number of pyridine rings is 1. The van der Waals surface area contributed by atoms with Crippen LogP contribution in [0.1, 0.15) is 17.3 Å². The smallest absolute Gasteiger partial charge is 0.264 e. The Morgan fingerprint density at radius 1 is 1.16 bits per heavy atom. The quantitative estimate of drug-likeness (QED) is 0.449. The highest BCUT2D eigenvalue weighted by Gasteiger charge is 2.24. The maximum atomic E-state index is 13.1. The Labute approximate surface area is 196 Å². The molecule has 1 N–H and O–H groups in total. The minimum atomic E-state index is -3.93. The Bertz CT molecular complexity index is 1200. The molecule has 10 heteroatoms. The molecule has 0 bridgehead atoms. The van der Waals surface area contributed by atoms with Gasteiger partial charge in [0.05, 0.1) is 45.2 Å². The van der Waals surface area contributed by atoms with E-state index >= 15 is 0 Å². The minimum absolute atomic E-state index is 0.0443. The van der Waals surface area contributed by atoms with E-state index in [1.54, 1.807) is 54.4 Å². The first-order valence-electron chi connectivity index (χ1n) is 9.59. The van der Waals surface area contributed by atoms with Gasteiger partial charge in [-0.15, -0.1) is 11.8 Å². The molecule has 2 aromatic carbocycles. The van der Waals surface area contributed by atoms with Crippen LogP contribution < -0.4 is 14.4 Å². The first-order valence-corrected chi connectivity index (χ1v) is 12.4. The second-order valence-corrected chi connectivity index (χ2v) is 10.2. The lowest BCUT2D eigenvalue weighted by molar-refractivity contribution is 0.102. The molecule has 0 radical (unpaired) electrons. The number of anilines is 2. The van der Waals surface area contributed by atoms with Crippen molar-refractivity contribution in [2.75, 3.05) is 29.5 Å². The van der Waals surface area contributed by atoms with Gasteiger partial charge in [-0.05, 0) is 60.4 Å². The van der Waals surface area contributed by atoms with Crippen molar-refractivity contribution in [2.45, 2.75) is 16.8 Å². The number of aromatic nitrogens is 1. The Morgan fingerprint density at radius 3 is 2.47 bits per heavy atom. The van der Waals surface area contributed by atoms with Gasteiger partial charge < -0.3 is 10.1 Å². The summed E-state index contributed by atoms with van der Waals surface area (Å²) in [7, 11) is -0.961. The van der Waals surface area contributed by atoms with Crippen LogP contribution in [0.25, 0.3) is 0 Å². The summed E-state index contributed by atoms with van der Waals surface area (Å²) in [5, 5.41) is 3.69. The Hall–Kier alpha value is -2.75. The number of nitrogens with one attached hydrogen (secondary N) is 1. The predicted octanol–water partition coefficient (Wildman–Crippen LogP) is 4.93. The number of thioether (sulfide) groups is 1. The summed E-state index contributed by atoms with van der Waals surface area (Å²) < 4.78 is 32.5. The Morgan fingerprint density at radius 2 is 1.88 bits per heavy atom. The van der Waals surface area contributed by atoms with E-state index in [1.807, 2.05) is 6.92 Å². The van der Waals surface area contributed by atoms with Crippen LogP contribution in [0.2, 0.25) is 5.02 Å². The number of hydrogen-bond acceptors (Lipinski definition) is 6. The van der Waals surface area contributed by atoms with E-state index in [1.165, 1.54) is 32.4 Å². The normalized spacial score (nSPS) is 11.1. The van der Waals surface area contributed by atoms with Gasteiger partial charge in [0.25, 0.3) is 15.9 Å². The van der Waals surface area contributed by atoms with Gasteiger partial charge in [0.15, 0.2) is 0 Å². The zero-order chi connectivity index (χ0) is 23.3. The molecule has 7 nitrogen and oxygen atoms in total. The SMILES string of the molecule is CCSc1ccc(NC(=O)c2cc(S(=O)(=O)N(C)c3ccc(OC)cc3)ccc2Cl)cn1. The number of nitrogens with zero attached hydrogens (tertiary/aromatic N) is 2. The highest BCUT2D eigenvalue weighted by Crippen LogP contribution is 2.27. The fourth-order valence-corrected chi connectivity index (χ4v) is 4.83. The number of carbonyl (C=O) groups excluding carboxylic acids is 1. The molecule has 0 saturated carbocycles. The van der Waals surface area contributed by atoms with Gasteiger partial charge in [0.2, 0.25) is 0 Å². The number of rotatable bonds is 8. The Balaban J connectivity index is 1.85. The molecule has 168 valence electrons. The first-order chi connectivity index (χ1) is 15.3. The summed E-state index contributed by atoms with van der Waals surface area (Å²) in [6.07, 6.45) is 1.54. The number of methoxy groups -OCH3 is 1. The van der Waals surface area contributed by atoms with E-state index in [4.69, 9.17) is 16.3 Å². The number of hydrogen-bond donors (Lipinski definition) is 1. The lowest BCUT2D eigenvalue weighted by Gasteiger charge is -2.20. The lowest BCUT2D eigenvalue weighted by atomic mass is 10.2. The van der Waals surface area contributed by atoms with E-state index < -0.39 is 15.9 Å². The van der Waals surface area contributed by atoms with Crippen molar-refractivity contribution in [1.29, 1.82) is 0 Å². The third kappa shape index (κ3) is 5.35. The van der Waals surface area contributed by atoms with Crippen LogP contribution in [0.15, 0.2) is 70.7 Å². The van der Waals surface area contributed by atoms with E-state index in [0.29, 0.717) is 17.1 Å². The molecular weight excluding hydrogens is 470 g/mol. The first kappa shape index (κ1) is 23.9. The molecule has 32 heavy (non-hydrogen) atoms. The third-order valence-electron chi connectivity index (χ3n) is 4.56. The number of sulfonamides is 1. The van der Waals surface area contributed by atoms with Crippen molar-refractivity contribution in [1.82, 2.24) is 4.98 Å². The van der Waals surface area contributed by atoms with Crippen LogP contribution in [0.3, 0.4) is 0 Å². The molecule has 3 aromatic rings. The fraction of sp³-hybridized carbons (Fsp3) is 0.182. The van der Waals surface area contributed by atoms with Crippen LogP contribution >= 0.6 is 23.4 Å². The molecule has 1 heterocycles. The highest BCUT2D eigenvalue weighted by atomic mass is 35.5. The zero-order valence-corrected chi connectivity index (χ0v) is 20.1. The predicted molar refractivity (Wildman–Crippen MR) is 129 cm³/mol. The maximum absolute atomic E-state index is 13.1. The molecule has 0 aliphatic carbocycles. The lowest BCUT2D eigenvalue weighted by Crippen LogP contribution is -2.27. The van der Waals surface area contributed by atoms with Gasteiger partial charge in [-0.2, -0.15) is 0 Å². The monoisotopic (exact) mass is 491 g/mol. The van der Waals surface area contributed by atoms with Gasteiger partial charge in [-0.3, -0.25) is 9.10 Å². The van der Waals surface area contributed by atoms with Crippen LogP contribution in [0.4, 0.5) is 11.4 Å². The second kappa shape index (κ2) is 10.2. The van der Waals surface area contributed by atoms with Gasteiger partial charge in [0.1, 0.15) is 5.75 Å². The molecule has 0 fully saturated rings. The van der Waals surface area contributed by atoms with Crippen molar-refractivity contribution < 1.29 is 17.9 Å². The molecule has 0 saturated heterocycles. The minimum Gasteiger partial charge on any atom is -0.497 e. The number of ether oxygens (including phenoxy) is 1. The second-order valence-electron chi connectivity index (χ2n) is 6.58. The zero-order valence-electron chi connectivity index (χ0n) is 17.7. The van der Waals surface area contributed by atoms with Crippen LogP contribution in [0.5, 0.6) is 5.75 Å². The van der Waals surface area contributed by atoms with Crippen molar-refractivity contribution >= 4 is 50.7 Å². The molecule has 1 amide bonds. The van der Waals surface area contributed by atoms with E-state index in [0.717, 1.165) is 15.1 Å². The summed E-state index contributed by atoms with van der Waals surface area (Å²) >= 11 is 7.79. The number of carbonyl (C=O) groups is 1. The van der Waals surface area contributed by atoms with Gasteiger partial charge >= 0.3 is 0 Å². The average molecular weight is 492 g/mol. The third-order valence-corrected chi connectivity index (χ3v) is 7.50. The fourth-order valence-electron chi connectivity index (χ4n) is 2.81. The topological polar surface area (TPSA) is 88.6 Å². The molecule has 3 rings (SSSR count). The Kier molecular flexibility index (Phi) is 7.65. The molecule has 0 atom stereocenters. The molecule has 0 aliphatic rings. The van der Waals surface area contributed by atoms with Crippen molar-refractivity contribution in [3.63, 3.8) is 0 Å². The number of benzene rings is 2. The van der Waals surface area contributed by atoms with Crippen LogP contribution in [-0.2, 0) is 10.0 Å². The number of halogens is 1. The summed E-state index contributed by atoms with van der Waals surface area (Å²) in [5.74, 6) is 0.971. The highest BCUT2D eigenvalue weighted by molar-refractivity contribution is 7.99. The van der Waals surface area contributed by atoms with Gasteiger partial charge in [-0.25, -0.2) is 13.4 Å². The van der Waals surface area contributed by atoms with E-state index in [-0.39, 0.29) is 15.5 Å². The van der Waals surface area contributed by atoms with Gasteiger partial charge in [0, 0.05) is 7.05 Å². The van der Waals surface area contributed by atoms with Crippen molar-refractivity contribution in [3.05, 3.63) is 71.4 Å². The van der Waals surface area contributed by atoms with Crippen molar-refractivity contribution in [3.8, 4) is 5.75 Å². The summed E-state index contributed by atoms with van der Waals surface area (Å²) in [5.41, 5.74) is 0.973. The summed E-state index contributed by atoms with van der Waals surface area (Å²) in [6, 6.07) is 14.2. The standard InChI is InChI=1S/C22H22ClN3O4S2/c1-4-31-21-12-5-15(14-24-21)25-22(27)19-13-18(10-11-20(19)23)32(28,29)26(2)16-6-8-17(30-3)9-7-16/h5-14H,4H2,1-3H3,(H,25,27). The average Bonchev–Trinajstić information content (AvgIpc) is 2.80. The largest absolute Gasteiger partial charge is 0.497 e. The number of amides is 1. The molecule has 0 unspecified atom stereocenters. The van der Waals surface area contributed by atoms with E-state index in [9.17, 15) is 13.2 Å². The van der Waals surface area contributed by atoms with Crippen LogP contribution in [0, 0.1) is 0 Å². The van der Waals surface area contributed by atoms with Crippen LogP contribution in [-0.4, -0.2) is 39.2 Å². The molecule has 0 spiro atoms.